The van der Waals surface area contributed by atoms with Gasteiger partial charge in [0.05, 0.1) is 16.3 Å². The number of anilines is 1. The van der Waals surface area contributed by atoms with Crippen molar-refractivity contribution in [2.45, 2.75) is 17.7 Å². The molecule has 2 aromatic carbocycles. The third-order valence-corrected chi connectivity index (χ3v) is 7.27. The summed E-state index contributed by atoms with van der Waals surface area (Å²) in [6.45, 7) is 0.827. The molecule has 0 radical (unpaired) electrons. The Morgan fingerprint density at radius 2 is 1.71 bits per heavy atom. The maximum absolute atomic E-state index is 12.2. The van der Waals surface area contributed by atoms with E-state index in [0.717, 1.165) is 5.56 Å². The quantitative estimate of drug-likeness (QED) is 0.712. The fraction of sp³-hybridized carbons (Fsp3) is 0.278. The Hall–Kier alpha value is -2.43. The van der Waals surface area contributed by atoms with E-state index in [0.29, 0.717) is 37.2 Å². The summed E-state index contributed by atoms with van der Waals surface area (Å²) in [6, 6.07) is 12.6. The number of carbonyl (C=O) groups is 1. The molecule has 2 aromatic rings. The van der Waals surface area contributed by atoms with Gasteiger partial charge in [-0.15, -0.1) is 0 Å². The molecule has 0 atom stereocenters. The Morgan fingerprint density at radius 1 is 1.07 bits per heavy atom. The van der Waals surface area contributed by atoms with Crippen molar-refractivity contribution < 1.29 is 21.6 Å². The molecule has 0 spiro atoms. The van der Waals surface area contributed by atoms with E-state index in [1.807, 2.05) is 0 Å². The number of nitrogens with one attached hydrogen (secondary N) is 1. The van der Waals surface area contributed by atoms with Crippen LogP contribution >= 0.6 is 0 Å². The number of benzene rings is 2. The van der Waals surface area contributed by atoms with Crippen LogP contribution in [0.25, 0.3) is 0 Å². The number of hydrogen-bond acceptors (Lipinski definition) is 5. The molecule has 1 fully saturated rings. The van der Waals surface area contributed by atoms with Crippen LogP contribution in [0.2, 0.25) is 0 Å². The molecule has 1 heterocycles. The Balaban J connectivity index is 1.55. The maximum atomic E-state index is 12.2. The lowest BCUT2D eigenvalue weighted by Gasteiger charge is -2.17. The number of nitrogens with two attached hydrogens (primary N) is 1. The Labute approximate surface area is 164 Å². The van der Waals surface area contributed by atoms with Crippen molar-refractivity contribution in [2.75, 3.05) is 23.1 Å². The first-order valence-electron chi connectivity index (χ1n) is 8.67. The van der Waals surface area contributed by atoms with Crippen LogP contribution in [0.1, 0.15) is 22.3 Å². The van der Waals surface area contributed by atoms with E-state index in [9.17, 15) is 21.6 Å². The van der Waals surface area contributed by atoms with Gasteiger partial charge in [0.2, 0.25) is 20.0 Å². The number of carbonyl (C=O) groups excluding carboxylic acids is 1. The summed E-state index contributed by atoms with van der Waals surface area (Å²) in [6.07, 6.45) is 1.13. The van der Waals surface area contributed by atoms with Crippen LogP contribution in [0.15, 0.2) is 53.4 Å². The van der Waals surface area contributed by atoms with E-state index >= 15 is 0 Å². The number of rotatable bonds is 6. The topological polar surface area (TPSA) is 127 Å². The highest BCUT2D eigenvalue weighted by atomic mass is 32.2. The number of primary sulfonamides is 1. The number of hydrogen-bond donors (Lipinski definition) is 2. The molecule has 10 heteroatoms. The summed E-state index contributed by atoms with van der Waals surface area (Å²) in [7, 11) is -6.96. The molecule has 0 saturated carbocycles. The molecule has 1 aliphatic heterocycles. The second-order valence-electron chi connectivity index (χ2n) is 6.48. The molecule has 28 heavy (non-hydrogen) atoms. The molecule has 8 nitrogen and oxygen atoms in total. The van der Waals surface area contributed by atoms with Gasteiger partial charge in [0.15, 0.2) is 0 Å². The minimum atomic E-state index is -3.72. The van der Waals surface area contributed by atoms with Crippen molar-refractivity contribution >= 4 is 31.6 Å². The van der Waals surface area contributed by atoms with Gasteiger partial charge in [-0.2, -0.15) is 0 Å². The normalized spacial score (nSPS) is 16.1. The summed E-state index contributed by atoms with van der Waals surface area (Å²) in [5.74, 6) is -0.120. The lowest BCUT2D eigenvalue weighted by Crippen LogP contribution is -2.27. The van der Waals surface area contributed by atoms with Gasteiger partial charge in [-0.25, -0.2) is 22.0 Å². The zero-order valence-electron chi connectivity index (χ0n) is 15.0. The van der Waals surface area contributed by atoms with Crippen LogP contribution in [-0.2, 0) is 26.5 Å². The van der Waals surface area contributed by atoms with Crippen LogP contribution in [0.4, 0.5) is 5.69 Å². The van der Waals surface area contributed by atoms with E-state index < -0.39 is 20.0 Å². The van der Waals surface area contributed by atoms with Crippen molar-refractivity contribution in [1.82, 2.24) is 5.32 Å². The van der Waals surface area contributed by atoms with E-state index in [4.69, 9.17) is 5.14 Å². The standard InChI is InChI=1S/C18H21N3O5S2/c19-28(25,26)17-8-2-14(3-9-17)10-11-20-18(22)15-4-6-16(7-5-15)21-12-1-13-27(21,23)24/h2-9H,1,10-13H2,(H,20,22)(H2,19,25,26). The van der Waals surface area contributed by atoms with E-state index in [1.165, 1.54) is 16.4 Å². The van der Waals surface area contributed by atoms with Crippen LogP contribution in [0.5, 0.6) is 0 Å². The van der Waals surface area contributed by atoms with Gasteiger partial charge in [0, 0.05) is 18.7 Å². The largest absolute Gasteiger partial charge is 0.352 e. The van der Waals surface area contributed by atoms with E-state index in [-0.39, 0.29) is 16.6 Å². The lowest BCUT2D eigenvalue weighted by atomic mass is 10.1. The number of nitrogens with zero attached hydrogens (tertiary/aromatic N) is 1. The summed E-state index contributed by atoms with van der Waals surface area (Å²) in [5.41, 5.74) is 1.86. The molecule has 0 bridgehead atoms. The fourth-order valence-electron chi connectivity index (χ4n) is 2.98. The molecule has 3 rings (SSSR count). The minimum absolute atomic E-state index is 0.0420. The summed E-state index contributed by atoms with van der Waals surface area (Å²) < 4.78 is 47.7. The van der Waals surface area contributed by atoms with Gasteiger partial charge in [-0.1, -0.05) is 12.1 Å². The Kier molecular flexibility index (Phi) is 5.73. The maximum Gasteiger partial charge on any atom is 0.251 e. The second kappa shape index (κ2) is 7.90. The monoisotopic (exact) mass is 423 g/mol. The zero-order valence-corrected chi connectivity index (χ0v) is 16.7. The van der Waals surface area contributed by atoms with Gasteiger partial charge < -0.3 is 5.32 Å². The van der Waals surface area contributed by atoms with Crippen molar-refractivity contribution in [2.24, 2.45) is 5.14 Å². The zero-order chi connectivity index (χ0) is 20.4. The van der Waals surface area contributed by atoms with Crippen LogP contribution < -0.4 is 14.8 Å². The lowest BCUT2D eigenvalue weighted by molar-refractivity contribution is 0.0954. The van der Waals surface area contributed by atoms with Crippen LogP contribution in [0, 0.1) is 0 Å². The van der Waals surface area contributed by atoms with Gasteiger partial charge in [-0.3, -0.25) is 9.10 Å². The SMILES string of the molecule is NS(=O)(=O)c1ccc(CCNC(=O)c2ccc(N3CCCS3(=O)=O)cc2)cc1. The van der Waals surface area contributed by atoms with Crippen LogP contribution in [-0.4, -0.2) is 41.6 Å². The molecule has 1 amide bonds. The van der Waals surface area contributed by atoms with Gasteiger partial charge in [0.25, 0.3) is 5.91 Å². The highest BCUT2D eigenvalue weighted by Crippen LogP contribution is 2.24. The molecule has 3 N–H and O–H groups in total. The first-order chi connectivity index (χ1) is 13.2. The number of sulfonamides is 2. The molecule has 0 aliphatic carbocycles. The van der Waals surface area contributed by atoms with Gasteiger partial charge in [-0.05, 0) is 54.8 Å². The van der Waals surface area contributed by atoms with E-state index in [1.54, 1.807) is 36.4 Å². The predicted octanol–water partition coefficient (Wildman–Crippen LogP) is 0.846. The average molecular weight is 424 g/mol. The second-order valence-corrected chi connectivity index (χ2v) is 10.1. The minimum Gasteiger partial charge on any atom is -0.352 e. The van der Waals surface area contributed by atoms with Crippen molar-refractivity contribution in [1.29, 1.82) is 0 Å². The summed E-state index contributed by atoms with van der Waals surface area (Å²) in [5, 5.41) is 7.84. The van der Waals surface area contributed by atoms with E-state index in [2.05, 4.69) is 5.32 Å². The fourth-order valence-corrected chi connectivity index (χ4v) is 5.06. The van der Waals surface area contributed by atoms with Gasteiger partial charge in [0.1, 0.15) is 0 Å². The molecule has 0 aromatic heterocycles. The smallest absolute Gasteiger partial charge is 0.251 e. The van der Waals surface area contributed by atoms with Gasteiger partial charge >= 0.3 is 0 Å². The Bertz CT molecular complexity index is 1060. The summed E-state index contributed by atoms with van der Waals surface area (Å²) >= 11 is 0. The summed E-state index contributed by atoms with van der Waals surface area (Å²) in [4.78, 5) is 12.3. The van der Waals surface area contributed by atoms with Crippen molar-refractivity contribution in [3.63, 3.8) is 0 Å². The Morgan fingerprint density at radius 3 is 2.25 bits per heavy atom. The third-order valence-electron chi connectivity index (χ3n) is 4.47. The van der Waals surface area contributed by atoms with Crippen LogP contribution in [0.3, 0.4) is 0 Å². The highest BCUT2D eigenvalue weighted by Gasteiger charge is 2.28. The van der Waals surface area contributed by atoms with Crippen molar-refractivity contribution in [3.05, 3.63) is 59.7 Å². The average Bonchev–Trinajstić information content (AvgIpc) is 3.00. The molecule has 0 unspecified atom stereocenters. The van der Waals surface area contributed by atoms with Crippen molar-refractivity contribution in [3.8, 4) is 0 Å². The first-order valence-corrected chi connectivity index (χ1v) is 11.8. The third kappa shape index (κ3) is 4.70. The molecule has 1 saturated heterocycles. The molecular weight excluding hydrogens is 402 g/mol. The molecule has 1 aliphatic rings. The molecular formula is C18H21N3O5S2. The number of amides is 1. The molecule has 150 valence electrons. The predicted molar refractivity (Wildman–Crippen MR) is 106 cm³/mol. The first kappa shape index (κ1) is 20.3. The highest BCUT2D eigenvalue weighted by molar-refractivity contribution is 7.93.